The lowest BCUT2D eigenvalue weighted by atomic mass is 10.1. The predicted octanol–water partition coefficient (Wildman–Crippen LogP) is 4.11. The highest BCUT2D eigenvalue weighted by molar-refractivity contribution is 5.95. The lowest BCUT2D eigenvalue weighted by Crippen LogP contribution is -2.31. The number of benzene rings is 2. The van der Waals surface area contributed by atoms with Gasteiger partial charge >= 0.3 is 0 Å². The highest BCUT2D eigenvalue weighted by Gasteiger charge is 2.22. The summed E-state index contributed by atoms with van der Waals surface area (Å²) in [6, 6.07) is 15.6. The van der Waals surface area contributed by atoms with Crippen molar-refractivity contribution in [3.63, 3.8) is 0 Å². The van der Waals surface area contributed by atoms with E-state index in [-0.39, 0.29) is 5.91 Å². The van der Waals surface area contributed by atoms with Crippen molar-refractivity contribution in [2.45, 2.75) is 26.8 Å². The van der Waals surface area contributed by atoms with Gasteiger partial charge in [-0.25, -0.2) is 4.68 Å². The molecule has 0 unspecified atom stereocenters. The topological polar surface area (TPSA) is 56.6 Å². The van der Waals surface area contributed by atoms with E-state index < -0.39 is 0 Å². The molecule has 0 aliphatic rings. The van der Waals surface area contributed by atoms with Gasteiger partial charge in [-0.2, -0.15) is 5.10 Å². The Morgan fingerprint density at radius 3 is 2.38 bits per heavy atom. The van der Waals surface area contributed by atoms with Gasteiger partial charge in [-0.15, -0.1) is 0 Å². The molecule has 29 heavy (non-hydrogen) atoms. The van der Waals surface area contributed by atoms with Crippen LogP contribution in [0.25, 0.3) is 5.69 Å². The Kier molecular flexibility index (Phi) is 6.54. The highest BCUT2D eigenvalue weighted by atomic mass is 16.5. The number of rotatable bonds is 8. The van der Waals surface area contributed by atoms with E-state index in [0.29, 0.717) is 36.6 Å². The van der Waals surface area contributed by atoms with Gasteiger partial charge in [0.25, 0.3) is 5.91 Å². The van der Waals surface area contributed by atoms with Crippen LogP contribution in [0.3, 0.4) is 0 Å². The van der Waals surface area contributed by atoms with E-state index in [4.69, 9.17) is 9.47 Å². The molecule has 0 bridgehead atoms. The van der Waals surface area contributed by atoms with Crippen molar-refractivity contribution in [3.8, 4) is 17.2 Å². The van der Waals surface area contributed by atoms with E-state index in [0.717, 1.165) is 16.9 Å². The van der Waals surface area contributed by atoms with Crippen LogP contribution in [-0.4, -0.2) is 41.4 Å². The van der Waals surface area contributed by atoms with Crippen LogP contribution in [0.2, 0.25) is 0 Å². The number of aromatic nitrogens is 2. The Morgan fingerprint density at radius 1 is 1.03 bits per heavy atom. The molecule has 6 nitrogen and oxygen atoms in total. The average Bonchev–Trinajstić information content (AvgIpc) is 3.21. The summed E-state index contributed by atoms with van der Waals surface area (Å²) in [6.45, 7) is 5.09. The highest BCUT2D eigenvalue weighted by Crippen LogP contribution is 2.28. The molecule has 0 aliphatic heterocycles. The summed E-state index contributed by atoms with van der Waals surface area (Å²) in [5.41, 5.74) is 3.48. The van der Waals surface area contributed by atoms with Crippen molar-refractivity contribution in [1.29, 1.82) is 0 Å². The van der Waals surface area contributed by atoms with Gasteiger partial charge in [0, 0.05) is 13.1 Å². The van der Waals surface area contributed by atoms with Crippen molar-refractivity contribution < 1.29 is 14.3 Å². The molecule has 0 spiro atoms. The minimum atomic E-state index is -0.0266. The third-order valence-corrected chi connectivity index (χ3v) is 4.93. The first-order valence-corrected chi connectivity index (χ1v) is 9.75. The molecule has 1 aromatic heterocycles. The van der Waals surface area contributed by atoms with E-state index in [1.165, 1.54) is 0 Å². The van der Waals surface area contributed by atoms with Crippen LogP contribution >= 0.6 is 0 Å². The summed E-state index contributed by atoms with van der Waals surface area (Å²) in [4.78, 5) is 15.1. The van der Waals surface area contributed by atoms with Crippen LogP contribution in [0.15, 0.2) is 54.7 Å². The lowest BCUT2D eigenvalue weighted by molar-refractivity contribution is 0.0751. The van der Waals surface area contributed by atoms with Crippen LogP contribution in [0.5, 0.6) is 11.5 Å². The lowest BCUT2D eigenvalue weighted by Gasteiger charge is -2.22. The molecule has 0 N–H and O–H groups in total. The monoisotopic (exact) mass is 393 g/mol. The molecule has 1 amide bonds. The molecule has 3 rings (SSSR count). The second-order valence-electron chi connectivity index (χ2n) is 6.61. The zero-order valence-corrected chi connectivity index (χ0v) is 17.4. The van der Waals surface area contributed by atoms with Gasteiger partial charge in [0.15, 0.2) is 11.5 Å². The molecular weight excluding hydrogens is 366 g/mol. The van der Waals surface area contributed by atoms with E-state index in [2.05, 4.69) is 5.10 Å². The molecule has 0 fully saturated rings. The SMILES string of the molecule is CCc1c(C(=O)N(CC)Cc2ccc(OC)c(OC)c2)cnn1-c1ccccc1. The number of carbonyl (C=O) groups excluding carboxylic acids is 1. The number of methoxy groups -OCH3 is 2. The van der Waals surface area contributed by atoms with E-state index in [1.807, 2.05) is 72.0 Å². The second kappa shape index (κ2) is 9.28. The molecule has 6 heteroatoms. The largest absolute Gasteiger partial charge is 0.493 e. The standard InChI is InChI=1S/C23H27N3O3/c1-5-20-19(15-24-26(20)18-10-8-7-9-11-18)23(27)25(6-2)16-17-12-13-21(28-3)22(14-17)29-4/h7-15H,5-6,16H2,1-4H3. The number of hydrogen-bond acceptors (Lipinski definition) is 4. The summed E-state index contributed by atoms with van der Waals surface area (Å²) < 4.78 is 12.5. The van der Waals surface area contributed by atoms with Crippen molar-refractivity contribution >= 4 is 5.91 Å². The maximum absolute atomic E-state index is 13.3. The maximum atomic E-state index is 13.3. The first-order valence-electron chi connectivity index (χ1n) is 9.75. The van der Waals surface area contributed by atoms with Gasteiger partial charge in [-0.1, -0.05) is 31.2 Å². The molecule has 2 aromatic carbocycles. The smallest absolute Gasteiger partial charge is 0.257 e. The fraction of sp³-hybridized carbons (Fsp3) is 0.304. The van der Waals surface area contributed by atoms with Crippen molar-refractivity contribution in [2.75, 3.05) is 20.8 Å². The number of carbonyl (C=O) groups is 1. The fourth-order valence-electron chi connectivity index (χ4n) is 3.38. The second-order valence-corrected chi connectivity index (χ2v) is 6.61. The number of amides is 1. The van der Waals surface area contributed by atoms with Crippen molar-refractivity contribution in [1.82, 2.24) is 14.7 Å². The third kappa shape index (κ3) is 4.26. The van der Waals surface area contributed by atoms with E-state index in [9.17, 15) is 4.79 Å². The fourth-order valence-corrected chi connectivity index (χ4v) is 3.38. The van der Waals surface area contributed by atoms with E-state index >= 15 is 0 Å². The molecule has 152 valence electrons. The number of ether oxygens (including phenoxy) is 2. The minimum absolute atomic E-state index is 0.0266. The Morgan fingerprint density at radius 2 is 1.76 bits per heavy atom. The summed E-state index contributed by atoms with van der Waals surface area (Å²) in [5.74, 6) is 1.30. The molecule has 0 radical (unpaired) electrons. The van der Waals surface area contributed by atoms with Gasteiger partial charge in [-0.3, -0.25) is 4.79 Å². The number of nitrogens with zero attached hydrogens (tertiary/aromatic N) is 3. The van der Waals surface area contributed by atoms with Crippen LogP contribution in [-0.2, 0) is 13.0 Å². The normalized spacial score (nSPS) is 10.6. The quantitative estimate of drug-likeness (QED) is 0.578. The molecule has 0 atom stereocenters. The van der Waals surface area contributed by atoms with Crippen molar-refractivity contribution in [2.24, 2.45) is 0 Å². The van der Waals surface area contributed by atoms with Crippen LogP contribution in [0.1, 0.15) is 35.5 Å². The Bertz CT molecular complexity index is 967. The Hall–Kier alpha value is -3.28. The van der Waals surface area contributed by atoms with Gasteiger partial charge in [0.2, 0.25) is 0 Å². The van der Waals surface area contributed by atoms with Gasteiger partial charge in [-0.05, 0) is 43.2 Å². The summed E-state index contributed by atoms with van der Waals surface area (Å²) in [5, 5.41) is 4.48. The number of para-hydroxylation sites is 1. The zero-order valence-electron chi connectivity index (χ0n) is 17.4. The van der Waals surface area contributed by atoms with Crippen LogP contribution in [0.4, 0.5) is 0 Å². The first-order chi connectivity index (χ1) is 14.1. The Labute approximate surface area is 171 Å². The minimum Gasteiger partial charge on any atom is -0.493 e. The molecule has 1 heterocycles. The van der Waals surface area contributed by atoms with Crippen molar-refractivity contribution in [3.05, 3.63) is 71.5 Å². The summed E-state index contributed by atoms with van der Waals surface area (Å²) in [7, 11) is 3.21. The first kappa shape index (κ1) is 20.5. The Balaban J connectivity index is 1.88. The van der Waals surface area contributed by atoms with Gasteiger partial charge in [0.05, 0.1) is 37.4 Å². The third-order valence-electron chi connectivity index (χ3n) is 4.93. The average molecular weight is 393 g/mol. The maximum Gasteiger partial charge on any atom is 0.257 e. The number of hydrogen-bond donors (Lipinski definition) is 0. The summed E-state index contributed by atoms with van der Waals surface area (Å²) in [6.07, 6.45) is 2.38. The summed E-state index contributed by atoms with van der Waals surface area (Å²) >= 11 is 0. The zero-order chi connectivity index (χ0) is 20.8. The molecular formula is C23H27N3O3. The predicted molar refractivity (Wildman–Crippen MR) is 113 cm³/mol. The van der Waals surface area contributed by atoms with Gasteiger partial charge < -0.3 is 14.4 Å². The van der Waals surface area contributed by atoms with Crippen LogP contribution in [0, 0.1) is 0 Å². The molecule has 0 saturated carbocycles. The van der Waals surface area contributed by atoms with Gasteiger partial charge in [0.1, 0.15) is 0 Å². The van der Waals surface area contributed by atoms with Crippen LogP contribution < -0.4 is 9.47 Å². The molecule has 3 aromatic rings. The molecule has 0 saturated heterocycles. The van der Waals surface area contributed by atoms with E-state index in [1.54, 1.807) is 20.4 Å². The molecule has 0 aliphatic carbocycles.